The van der Waals surface area contributed by atoms with Gasteiger partial charge in [-0.15, -0.1) is 0 Å². The van der Waals surface area contributed by atoms with Crippen LogP contribution in [0.1, 0.15) is 24.1 Å². The van der Waals surface area contributed by atoms with Gasteiger partial charge in [0, 0.05) is 12.3 Å². The predicted octanol–water partition coefficient (Wildman–Crippen LogP) is 1.83. The van der Waals surface area contributed by atoms with E-state index in [1.165, 1.54) is 18.4 Å². The number of hydrogen-bond acceptors (Lipinski definition) is 3. The smallest absolute Gasteiger partial charge is 0.149 e. The molecule has 17 heavy (non-hydrogen) atoms. The minimum absolute atomic E-state index is 0.0211. The predicted molar refractivity (Wildman–Crippen MR) is 67.3 cm³/mol. The van der Waals surface area contributed by atoms with Gasteiger partial charge in [0.1, 0.15) is 15.7 Å². The van der Waals surface area contributed by atoms with Gasteiger partial charge in [0.2, 0.25) is 0 Å². The lowest BCUT2D eigenvalue weighted by Crippen LogP contribution is -2.28. The van der Waals surface area contributed by atoms with Crippen LogP contribution < -0.4 is 5.32 Å². The molecule has 5 heteroatoms. The van der Waals surface area contributed by atoms with Gasteiger partial charge in [-0.25, -0.2) is 12.8 Å². The summed E-state index contributed by atoms with van der Waals surface area (Å²) in [6.07, 6.45) is 1.20. The van der Waals surface area contributed by atoms with Gasteiger partial charge in [0.25, 0.3) is 0 Å². The maximum absolute atomic E-state index is 13.0. The molecule has 0 radical (unpaired) electrons. The van der Waals surface area contributed by atoms with Gasteiger partial charge in [-0.1, -0.05) is 13.0 Å². The standard InChI is InChI=1S/C12H18FNO2S/c1-4-14-12(8-17(3,15)16)11-6-5-10(13)7-9(11)2/h5-7,12,14H,4,8H2,1-3H3. The molecule has 0 aliphatic carbocycles. The van der Waals surface area contributed by atoms with Gasteiger partial charge >= 0.3 is 0 Å². The van der Waals surface area contributed by atoms with E-state index in [-0.39, 0.29) is 17.6 Å². The first-order valence-electron chi connectivity index (χ1n) is 5.50. The Hall–Kier alpha value is -0.940. The van der Waals surface area contributed by atoms with E-state index in [4.69, 9.17) is 0 Å². The van der Waals surface area contributed by atoms with Crippen molar-refractivity contribution in [2.75, 3.05) is 18.6 Å². The van der Waals surface area contributed by atoms with Crippen molar-refractivity contribution < 1.29 is 12.8 Å². The number of sulfone groups is 1. The first-order chi connectivity index (χ1) is 7.83. The minimum atomic E-state index is -3.08. The van der Waals surface area contributed by atoms with Crippen LogP contribution in [0.4, 0.5) is 4.39 Å². The van der Waals surface area contributed by atoms with Crippen LogP contribution in [-0.2, 0) is 9.84 Å². The molecule has 1 aromatic carbocycles. The van der Waals surface area contributed by atoms with Gasteiger partial charge in [-0.2, -0.15) is 0 Å². The fourth-order valence-electron chi connectivity index (χ4n) is 1.84. The maximum atomic E-state index is 13.0. The highest BCUT2D eigenvalue weighted by molar-refractivity contribution is 7.90. The molecule has 0 aliphatic rings. The van der Waals surface area contributed by atoms with Crippen LogP contribution >= 0.6 is 0 Å². The molecule has 1 unspecified atom stereocenters. The number of aryl methyl sites for hydroxylation is 1. The zero-order chi connectivity index (χ0) is 13.1. The molecule has 0 aliphatic heterocycles. The highest BCUT2D eigenvalue weighted by atomic mass is 32.2. The van der Waals surface area contributed by atoms with E-state index in [9.17, 15) is 12.8 Å². The van der Waals surface area contributed by atoms with Crippen molar-refractivity contribution in [2.24, 2.45) is 0 Å². The molecule has 0 bridgehead atoms. The van der Waals surface area contributed by atoms with Crippen LogP contribution in [0.2, 0.25) is 0 Å². The van der Waals surface area contributed by atoms with E-state index in [0.29, 0.717) is 6.54 Å². The van der Waals surface area contributed by atoms with Crippen LogP contribution in [-0.4, -0.2) is 27.0 Å². The number of halogens is 1. The summed E-state index contributed by atoms with van der Waals surface area (Å²) in [6, 6.07) is 4.13. The second kappa shape index (κ2) is 5.60. The van der Waals surface area contributed by atoms with Crippen LogP contribution in [0.3, 0.4) is 0 Å². The highest BCUT2D eigenvalue weighted by Crippen LogP contribution is 2.20. The Balaban J connectivity index is 3.05. The third-order valence-corrected chi connectivity index (χ3v) is 3.47. The van der Waals surface area contributed by atoms with Crippen molar-refractivity contribution in [1.82, 2.24) is 5.32 Å². The van der Waals surface area contributed by atoms with Crippen molar-refractivity contribution in [3.63, 3.8) is 0 Å². The lowest BCUT2D eigenvalue weighted by Gasteiger charge is -2.19. The fourth-order valence-corrected chi connectivity index (χ4v) is 2.74. The Morgan fingerprint density at radius 3 is 2.53 bits per heavy atom. The molecule has 1 atom stereocenters. The first kappa shape index (κ1) is 14.1. The molecule has 0 saturated carbocycles. The number of hydrogen-bond donors (Lipinski definition) is 1. The second-order valence-electron chi connectivity index (χ2n) is 4.20. The van der Waals surface area contributed by atoms with Gasteiger partial charge in [-0.3, -0.25) is 0 Å². The molecule has 0 fully saturated rings. The Morgan fingerprint density at radius 1 is 1.41 bits per heavy atom. The summed E-state index contributed by atoms with van der Waals surface area (Å²) in [6.45, 7) is 4.36. The van der Waals surface area contributed by atoms with E-state index in [2.05, 4.69) is 5.32 Å². The third kappa shape index (κ3) is 4.44. The number of benzene rings is 1. The molecule has 1 N–H and O–H groups in total. The summed E-state index contributed by atoms with van der Waals surface area (Å²) in [7, 11) is -3.08. The van der Waals surface area contributed by atoms with Crippen molar-refractivity contribution >= 4 is 9.84 Å². The van der Waals surface area contributed by atoms with Gasteiger partial charge in [-0.05, 0) is 36.7 Å². The Bertz CT molecular complexity index is 485. The zero-order valence-corrected chi connectivity index (χ0v) is 11.1. The first-order valence-corrected chi connectivity index (χ1v) is 7.56. The average Bonchev–Trinajstić information content (AvgIpc) is 2.14. The summed E-state index contributed by atoms with van der Waals surface area (Å²) < 4.78 is 35.7. The normalized spacial score (nSPS) is 13.6. The van der Waals surface area contributed by atoms with Gasteiger partial charge < -0.3 is 5.32 Å². The third-order valence-electron chi connectivity index (χ3n) is 2.53. The topological polar surface area (TPSA) is 46.2 Å². The summed E-state index contributed by atoms with van der Waals surface area (Å²) in [5.74, 6) is -0.284. The number of rotatable bonds is 5. The summed E-state index contributed by atoms with van der Waals surface area (Å²) >= 11 is 0. The van der Waals surface area contributed by atoms with E-state index in [0.717, 1.165) is 11.1 Å². The van der Waals surface area contributed by atoms with Gasteiger partial charge in [0.15, 0.2) is 0 Å². The summed E-state index contributed by atoms with van der Waals surface area (Å²) in [5.41, 5.74) is 1.60. The largest absolute Gasteiger partial charge is 0.309 e. The SMILES string of the molecule is CCNC(CS(C)(=O)=O)c1ccc(F)cc1C. The van der Waals surface area contributed by atoms with Crippen molar-refractivity contribution in [3.8, 4) is 0 Å². The van der Waals surface area contributed by atoms with Crippen LogP contribution in [0.15, 0.2) is 18.2 Å². The molecule has 3 nitrogen and oxygen atoms in total. The van der Waals surface area contributed by atoms with Crippen molar-refractivity contribution in [3.05, 3.63) is 35.1 Å². The van der Waals surface area contributed by atoms with Crippen LogP contribution in [0.5, 0.6) is 0 Å². The molecule has 0 heterocycles. The summed E-state index contributed by atoms with van der Waals surface area (Å²) in [5, 5.41) is 3.11. The Kier molecular flexibility index (Phi) is 4.65. The van der Waals surface area contributed by atoms with E-state index >= 15 is 0 Å². The lowest BCUT2D eigenvalue weighted by molar-refractivity contribution is 0.560. The van der Waals surface area contributed by atoms with Gasteiger partial charge in [0.05, 0.1) is 5.75 Å². The van der Waals surface area contributed by atoms with Crippen molar-refractivity contribution in [2.45, 2.75) is 19.9 Å². The molecule has 0 amide bonds. The number of nitrogens with one attached hydrogen (secondary N) is 1. The quantitative estimate of drug-likeness (QED) is 0.877. The lowest BCUT2D eigenvalue weighted by atomic mass is 10.0. The molecule has 1 aromatic rings. The molecule has 0 spiro atoms. The molecule has 0 saturated heterocycles. The molecule has 1 rings (SSSR count). The van der Waals surface area contributed by atoms with E-state index in [1.54, 1.807) is 13.0 Å². The molecule has 0 aromatic heterocycles. The van der Waals surface area contributed by atoms with E-state index < -0.39 is 9.84 Å². The zero-order valence-electron chi connectivity index (χ0n) is 10.3. The monoisotopic (exact) mass is 259 g/mol. The summed E-state index contributed by atoms with van der Waals surface area (Å²) in [4.78, 5) is 0. The highest BCUT2D eigenvalue weighted by Gasteiger charge is 2.18. The molecule has 96 valence electrons. The second-order valence-corrected chi connectivity index (χ2v) is 6.39. The fraction of sp³-hybridized carbons (Fsp3) is 0.500. The van der Waals surface area contributed by atoms with Crippen LogP contribution in [0, 0.1) is 12.7 Å². The Morgan fingerprint density at radius 2 is 2.06 bits per heavy atom. The molecular weight excluding hydrogens is 241 g/mol. The van der Waals surface area contributed by atoms with Crippen LogP contribution in [0.25, 0.3) is 0 Å². The minimum Gasteiger partial charge on any atom is -0.309 e. The maximum Gasteiger partial charge on any atom is 0.149 e. The Labute approximate surface area is 102 Å². The van der Waals surface area contributed by atoms with Crippen molar-refractivity contribution in [1.29, 1.82) is 0 Å². The molecular formula is C12H18FNO2S. The van der Waals surface area contributed by atoms with E-state index in [1.807, 2.05) is 6.92 Å². The average molecular weight is 259 g/mol.